The van der Waals surface area contributed by atoms with Crippen molar-refractivity contribution in [3.05, 3.63) is 35.2 Å². The lowest BCUT2D eigenvalue weighted by atomic mass is 10.5. The fraction of sp³-hybridized carbons (Fsp3) is 0.333. The summed E-state index contributed by atoms with van der Waals surface area (Å²) in [4.78, 5) is 0. The first kappa shape index (κ1) is 10.6. The second-order valence-electron chi connectivity index (χ2n) is 2.19. The van der Waals surface area contributed by atoms with Gasteiger partial charge in [-0.1, -0.05) is 13.2 Å². The number of nitrogens with zero attached hydrogens (tertiary/aromatic N) is 2. The van der Waals surface area contributed by atoms with Crippen LogP contribution in [0.1, 0.15) is 0 Å². The third-order valence-electron chi connectivity index (χ3n) is 1.15. The average Bonchev–Trinajstić information content (AvgIpc) is 1.98. The average molecular weight is 172 g/mol. The van der Waals surface area contributed by atoms with Gasteiger partial charge in [0.1, 0.15) is 0 Å². The second kappa shape index (κ2) is 4.47. The fourth-order valence-electron chi connectivity index (χ4n) is 0.469. The lowest BCUT2D eigenvalue weighted by Crippen LogP contribution is -2.31. The number of rotatable bonds is 5. The highest BCUT2D eigenvalue weighted by Gasteiger charge is 1.93. The molecule has 12 heavy (non-hydrogen) atoms. The topological polar surface area (TPSA) is 105 Å². The zero-order chi connectivity index (χ0) is 9.72. The highest BCUT2D eigenvalue weighted by molar-refractivity contribution is 4.91. The maximum absolute atomic E-state index is 10.7. The van der Waals surface area contributed by atoms with E-state index in [2.05, 4.69) is 13.2 Å². The number of hydrogen-bond acceptors (Lipinski definition) is 6. The van der Waals surface area contributed by atoms with Crippen LogP contribution in [0.4, 0.5) is 0 Å². The summed E-state index contributed by atoms with van der Waals surface area (Å²) >= 11 is 0. The van der Waals surface area contributed by atoms with Crippen LogP contribution < -0.4 is 11.5 Å². The van der Waals surface area contributed by atoms with Crippen LogP contribution in [0.2, 0.25) is 0 Å². The molecule has 0 aliphatic rings. The molecule has 6 nitrogen and oxygen atoms in total. The van der Waals surface area contributed by atoms with Crippen LogP contribution in [0.5, 0.6) is 0 Å². The molecule has 0 atom stereocenters. The Bertz CT molecular complexity index is 162. The summed E-state index contributed by atoms with van der Waals surface area (Å²) in [5, 5.41) is 22.3. The minimum absolute atomic E-state index is 0.0744. The summed E-state index contributed by atoms with van der Waals surface area (Å²) in [5.74, 6) is -0.267. The molecule has 0 aliphatic heterocycles. The molecule has 0 saturated heterocycles. The van der Waals surface area contributed by atoms with Gasteiger partial charge in [0.2, 0.25) is 0 Å². The molecular formula is C6H12N4O2-2. The third-order valence-corrected chi connectivity index (χ3v) is 1.15. The summed E-state index contributed by atoms with van der Waals surface area (Å²) in [6, 6.07) is 0. The first-order valence-electron chi connectivity index (χ1n) is 3.23. The largest absolute Gasteiger partial charge is 0.757 e. The zero-order valence-corrected chi connectivity index (χ0v) is 6.69. The Morgan fingerprint density at radius 2 is 1.25 bits per heavy atom. The van der Waals surface area contributed by atoms with E-state index in [1.807, 2.05) is 0 Å². The Balaban J connectivity index is 3.68. The van der Waals surface area contributed by atoms with Crippen LogP contribution in [0.3, 0.4) is 0 Å². The zero-order valence-electron chi connectivity index (χ0n) is 6.69. The molecule has 0 heterocycles. The van der Waals surface area contributed by atoms with Gasteiger partial charge < -0.3 is 32.0 Å². The van der Waals surface area contributed by atoms with Crippen molar-refractivity contribution in [3.8, 4) is 0 Å². The van der Waals surface area contributed by atoms with E-state index in [4.69, 9.17) is 11.5 Å². The molecule has 0 unspecified atom stereocenters. The Hall–Kier alpha value is -1.40. The van der Waals surface area contributed by atoms with E-state index in [0.29, 0.717) is 10.1 Å². The predicted molar refractivity (Wildman–Crippen MR) is 46.8 cm³/mol. The van der Waals surface area contributed by atoms with Gasteiger partial charge >= 0.3 is 0 Å². The lowest BCUT2D eigenvalue weighted by molar-refractivity contribution is 0.374. The van der Waals surface area contributed by atoms with E-state index in [9.17, 15) is 10.4 Å². The SMILES string of the molecule is C=C(N)N([O-])CCN([O-])C(=C)N. The van der Waals surface area contributed by atoms with Gasteiger partial charge in [-0.3, -0.25) is 0 Å². The smallest absolute Gasteiger partial charge is 0.0804 e. The lowest BCUT2D eigenvalue weighted by Gasteiger charge is -2.36. The molecule has 0 fully saturated rings. The minimum Gasteiger partial charge on any atom is -0.757 e. The first-order valence-corrected chi connectivity index (χ1v) is 3.23. The van der Waals surface area contributed by atoms with E-state index in [-0.39, 0.29) is 24.7 Å². The summed E-state index contributed by atoms with van der Waals surface area (Å²) in [6.45, 7) is 6.24. The normalized spacial score (nSPS) is 9.17. The van der Waals surface area contributed by atoms with Crippen LogP contribution in [0.15, 0.2) is 24.8 Å². The van der Waals surface area contributed by atoms with Gasteiger partial charge in [0.15, 0.2) is 0 Å². The molecule has 0 aromatic heterocycles. The van der Waals surface area contributed by atoms with Crippen molar-refractivity contribution < 1.29 is 0 Å². The summed E-state index contributed by atoms with van der Waals surface area (Å²) in [7, 11) is 0. The Morgan fingerprint density at radius 1 is 1.00 bits per heavy atom. The molecule has 0 saturated carbocycles. The second-order valence-corrected chi connectivity index (χ2v) is 2.19. The van der Waals surface area contributed by atoms with E-state index < -0.39 is 0 Å². The highest BCUT2D eigenvalue weighted by atomic mass is 16.5. The van der Waals surface area contributed by atoms with Crippen molar-refractivity contribution in [2.24, 2.45) is 11.5 Å². The number of nitrogens with two attached hydrogens (primary N) is 2. The number of hydrogen-bond donors (Lipinski definition) is 2. The molecule has 0 spiro atoms. The van der Waals surface area contributed by atoms with Crippen LogP contribution in [0.25, 0.3) is 0 Å². The Labute approximate surface area is 70.9 Å². The molecule has 6 heteroatoms. The first-order chi connectivity index (χ1) is 5.45. The van der Waals surface area contributed by atoms with E-state index in [0.717, 1.165) is 0 Å². The van der Waals surface area contributed by atoms with Gasteiger partial charge in [-0.2, -0.15) is 0 Å². The van der Waals surface area contributed by atoms with Crippen LogP contribution >= 0.6 is 0 Å². The monoisotopic (exact) mass is 172 g/mol. The van der Waals surface area contributed by atoms with E-state index in [1.54, 1.807) is 0 Å². The molecule has 0 aromatic carbocycles. The van der Waals surface area contributed by atoms with Crippen LogP contribution in [0, 0.1) is 10.4 Å². The molecule has 0 radical (unpaired) electrons. The summed E-state index contributed by atoms with van der Waals surface area (Å²) < 4.78 is 0. The van der Waals surface area contributed by atoms with Crippen molar-refractivity contribution in [2.45, 2.75) is 0 Å². The fourth-order valence-corrected chi connectivity index (χ4v) is 0.469. The maximum Gasteiger partial charge on any atom is 0.0804 e. The third kappa shape index (κ3) is 3.69. The Kier molecular flexibility index (Phi) is 3.95. The van der Waals surface area contributed by atoms with Crippen LogP contribution in [-0.4, -0.2) is 23.2 Å². The van der Waals surface area contributed by atoms with Crippen molar-refractivity contribution >= 4 is 0 Å². The number of hydroxylamine groups is 4. The van der Waals surface area contributed by atoms with Gasteiger partial charge in [0.25, 0.3) is 0 Å². The summed E-state index contributed by atoms with van der Waals surface area (Å²) in [6.07, 6.45) is 0. The molecule has 0 rings (SSSR count). The van der Waals surface area contributed by atoms with Crippen molar-refractivity contribution in [1.29, 1.82) is 0 Å². The maximum atomic E-state index is 10.7. The minimum atomic E-state index is -0.133. The van der Waals surface area contributed by atoms with E-state index in [1.165, 1.54) is 0 Å². The molecule has 4 N–H and O–H groups in total. The molecular weight excluding hydrogens is 160 g/mol. The molecule has 0 aliphatic carbocycles. The molecule has 0 aromatic rings. The molecule has 0 amide bonds. The van der Waals surface area contributed by atoms with Crippen molar-refractivity contribution in [3.63, 3.8) is 0 Å². The standard InChI is InChI=1S/C6H12N4O2/c1-5(7)9(11)3-4-10(12)6(2)8/h1-4,7-8H2/q-2. The van der Waals surface area contributed by atoms with E-state index >= 15 is 0 Å². The van der Waals surface area contributed by atoms with Gasteiger partial charge in [-0.25, -0.2) is 0 Å². The predicted octanol–water partition coefficient (Wildman–Crippen LogP) is -0.554. The van der Waals surface area contributed by atoms with Crippen LogP contribution in [-0.2, 0) is 0 Å². The molecule has 70 valence electrons. The Morgan fingerprint density at radius 3 is 1.42 bits per heavy atom. The summed E-state index contributed by atoms with van der Waals surface area (Å²) in [5.41, 5.74) is 10.1. The molecule has 0 bridgehead atoms. The van der Waals surface area contributed by atoms with Gasteiger partial charge in [0, 0.05) is 13.1 Å². The van der Waals surface area contributed by atoms with Crippen molar-refractivity contribution in [2.75, 3.05) is 13.1 Å². The van der Waals surface area contributed by atoms with Crippen molar-refractivity contribution in [1.82, 2.24) is 10.1 Å². The quantitative estimate of drug-likeness (QED) is 0.539. The van der Waals surface area contributed by atoms with Gasteiger partial charge in [0.05, 0.1) is 11.6 Å². The highest BCUT2D eigenvalue weighted by Crippen LogP contribution is 1.95. The van der Waals surface area contributed by atoms with Gasteiger partial charge in [-0.15, -0.1) is 0 Å². The van der Waals surface area contributed by atoms with Gasteiger partial charge in [-0.05, 0) is 0 Å².